The number of furan rings is 1. The molecule has 0 aliphatic heterocycles. The van der Waals surface area contributed by atoms with Crippen molar-refractivity contribution < 1.29 is 4.42 Å². The van der Waals surface area contributed by atoms with Crippen molar-refractivity contribution in [1.29, 1.82) is 0 Å². The fourth-order valence-corrected chi connectivity index (χ4v) is 8.01. The average molecular weight is 330 g/mol. The van der Waals surface area contributed by atoms with Crippen molar-refractivity contribution in [3.8, 4) is 0 Å². The van der Waals surface area contributed by atoms with Crippen LogP contribution in [-0.4, -0.2) is 0 Å². The van der Waals surface area contributed by atoms with Crippen LogP contribution in [0.3, 0.4) is 0 Å². The third-order valence-electron chi connectivity index (χ3n) is 4.51. The van der Waals surface area contributed by atoms with Gasteiger partial charge in [0.2, 0.25) is 0 Å². The average Bonchev–Trinajstić information content (AvgIpc) is 3.20. The summed E-state index contributed by atoms with van der Waals surface area (Å²) in [5.41, 5.74) is 1.06. The summed E-state index contributed by atoms with van der Waals surface area (Å²) in [6, 6.07) is 36.4. The molecule has 0 saturated heterocycles. The molecule has 4 aromatic rings. The SMILES string of the molecule is c1ccc([PH](c2ccccc2)(c2ccccc2)c2ccco2)cc1. The second-order valence-electron chi connectivity index (χ2n) is 5.83. The quantitative estimate of drug-likeness (QED) is 0.521. The van der Waals surface area contributed by atoms with Crippen LogP contribution in [-0.2, 0) is 0 Å². The van der Waals surface area contributed by atoms with E-state index in [0.717, 1.165) is 5.50 Å². The van der Waals surface area contributed by atoms with Gasteiger partial charge in [0.25, 0.3) is 0 Å². The Bertz CT molecular complexity index is 788. The number of hydrogen-bond acceptors (Lipinski definition) is 1. The fraction of sp³-hybridized carbons (Fsp3) is 0. The molecule has 0 atom stereocenters. The van der Waals surface area contributed by atoms with Crippen molar-refractivity contribution >= 4 is 28.7 Å². The molecular weight excluding hydrogens is 311 g/mol. The van der Waals surface area contributed by atoms with E-state index in [4.69, 9.17) is 4.42 Å². The number of rotatable bonds is 4. The van der Waals surface area contributed by atoms with E-state index in [1.54, 1.807) is 6.26 Å². The molecular formula is C22H19OP. The molecule has 2 heteroatoms. The van der Waals surface area contributed by atoms with Gasteiger partial charge in [-0.2, -0.15) is 0 Å². The van der Waals surface area contributed by atoms with Crippen molar-refractivity contribution in [2.45, 2.75) is 0 Å². The van der Waals surface area contributed by atoms with Crippen molar-refractivity contribution in [1.82, 2.24) is 0 Å². The Morgan fingerprint density at radius 1 is 0.458 bits per heavy atom. The minimum atomic E-state index is -2.41. The van der Waals surface area contributed by atoms with Crippen LogP contribution in [0.4, 0.5) is 0 Å². The first kappa shape index (κ1) is 14.9. The van der Waals surface area contributed by atoms with Gasteiger partial charge in [-0.05, 0) is 0 Å². The van der Waals surface area contributed by atoms with Crippen molar-refractivity contribution in [3.63, 3.8) is 0 Å². The second-order valence-corrected chi connectivity index (χ2v) is 9.55. The third-order valence-corrected chi connectivity index (χ3v) is 9.13. The van der Waals surface area contributed by atoms with Gasteiger partial charge in [-0.25, -0.2) is 0 Å². The molecule has 0 unspecified atom stereocenters. The Labute approximate surface area is 142 Å². The minimum absolute atomic E-state index is 1.06. The standard InChI is InChI=1S/C22H19OP/c1-4-11-19(12-5-1)24(22-17-10-18-23-22,20-13-6-2-7-14-20)21-15-8-3-9-16-21/h1-18,24H. The van der Waals surface area contributed by atoms with E-state index >= 15 is 0 Å². The summed E-state index contributed by atoms with van der Waals surface area (Å²) in [6.07, 6.45) is 1.78. The van der Waals surface area contributed by atoms with Gasteiger partial charge in [0.15, 0.2) is 0 Å². The van der Waals surface area contributed by atoms with E-state index in [0.29, 0.717) is 0 Å². The monoisotopic (exact) mass is 330 g/mol. The second kappa shape index (κ2) is 6.47. The molecule has 0 N–H and O–H groups in total. The van der Waals surface area contributed by atoms with Crippen LogP contribution in [0.25, 0.3) is 0 Å². The zero-order valence-electron chi connectivity index (χ0n) is 13.3. The molecule has 0 spiro atoms. The molecule has 0 bridgehead atoms. The first-order valence-electron chi connectivity index (χ1n) is 8.13. The van der Waals surface area contributed by atoms with Crippen LogP contribution in [0.15, 0.2) is 114 Å². The molecule has 0 amide bonds. The Balaban J connectivity index is 2.12. The van der Waals surface area contributed by atoms with Gasteiger partial charge in [-0.3, -0.25) is 0 Å². The molecule has 0 fully saturated rings. The van der Waals surface area contributed by atoms with Crippen LogP contribution in [0, 0.1) is 0 Å². The van der Waals surface area contributed by atoms with Crippen LogP contribution < -0.4 is 21.4 Å². The van der Waals surface area contributed by atoms with Gasteiger partial charge in [-0.15, -0.1) is 0 Å². The Morgan fingerprint density at radius 3 is 1.21 bits per heavy atom. The molecule has 0 aliphatic rings. The summed E-state index contributed by atoms with van der Waals surface area (Å²) in [6.45, 7) is 0. The molecule has 0 aliphatic carbocycles. The predicted molar refractivity (Wildman–Crippen MR) is 105 cm³/mol. The van der Waals surface area contributed by atoms with Crippen molar-refractivity contribution in [2.75, 3.05) is 0 Å². The summed E-state index contributed by atoms with van der Waals surface area (Å²) in [7, 11) is -2.41. The summed E-state index contributed by atoms with van der Waals surface area (Å²) in [5.74, 6) is 0. The first-order valence-corrected chi connectivity index (χ1v) is 10.1. The predicted octanol–water partition coefficient (Wildman–Crippen LogP) is 3.63. The maximum absolute atomic E-state index is 6.02. The summed E-state index contributed by atoms with van der Waals surface area (Å²) in [5, 5.41) is 3.99. The van der Waals surface area contributed by atoms with E-state index in [2.05, 4.69) is 97.1 Å². The fourth-order valence-electron chi connectivity index (χ4n) is 3.48. The van der Waals surface area contributed by atoms with Crippen LogP contribution in [0.5, 0.6) is 0 Å². The molecule has 3 aromatic carbocycles. The Kier molecular flexibility index (Phi) is 4.02. The summed E-state index contributed by atoms with van der Waals surface area (Å²) in [4.78, 5) is 0. The van der Waals surface area contributed by atoms with E-state index in [1.165, 1.54) is 15.9 Å². The van der Waals surface area contributed by atoms with E-state index < -0.39 is 7.26 Å². The van der Waals surface area contributed by atoms with Gasteiger partial charge in [0, 0.05) is 0 Å². The third kappa shape index (κ3) is 2.38. The van der Waals surface area contributed by atoms with Gasteiger partial charge in [-0.1, -0.05) is 0 Å². The maximum atomic E-state index is 6.02. The first-order chi connectivity index (χ1) is 11.9. The van der Waals surface area contributed by atoms with Crippen LogP contribution in [0.1, 0.15) is 0 Å². The van der Waals surface area contributed by atoms with E-state index in [1.807, 2.05) is 6.07 Å². The normalized spacial score (nSPS) is 12.0. The van der Waals surface area contributed by atoms with Gasteiger partial charge < -0.3 is 0 Å². The van der Waals surface area contributed by atoms with Gasteiger partial charge in [0.05, 0.1) is 0 Å². The van der Waals surface area contributed by atoms with E-state index in [9.17, 15) is 0 Å². The van der Waals surface area contributed by atoms with E-state index in [-0.39, 0.29) is 0 Å². The molecule has 118 valence electrons. The van der Waals surface area contributed by atoms with Gasteiger partial charge >= 0.3 is 142 Å². The molecule has 0 saturated carbocycles. The zero-order valence-corrected chi connectivity index (χ0v) is 14.3. The van der Waals surface area contributed by atoms with Gasteiger partial charge in [0.1, 0.15) is 0 Å². The van der Waals surface area contributed by atoms with Crippen LogP contribution >= 0.6 is 7.26 Å². The molecule has 1 aromatic heterocycles. The molecule has 1 nitrogen and oxygen atoms in total. The van der Waals surface area contributed by atoms with Crippen molar-refractivity contribution in [2.24, 2.45) is 0 Å². The molecule has 0 radical (unpaired) electrons. The molecule has 24 heavy (non-hydrogen) atoms. The Morgan fingerprint density at radius 2 is 0.875 bits per heavy atom. The number of benzene rings is 3. The number of hydrogen-bond donors (Lipinski definition) is 0. The summed E-state index contributed by atoms with van der Waals surface area (Å²) >= 11 is 0. The molecule has 4 rings (SSSR count). The van der Waals surface area contributed by atoms with Crippen LogP contribution in [0.2, 0.25) is 0 Å². The summed E-state index contributed by atoms with van der Waals surface area (Å²) < 4.78 is 6.02. The topological polar surface area (TPSA) is 13.1 Å². The molecule has 1 heterocycles. The zero-order chi connectivity index (χ0) is 16.2. The Hall–Kier alpha value is -2.63. The van der Waals surface area contributed by atoms with Crippen molar-refractivity contribution in [3.05, 3.63) is 109 Å².